The second kappa shape index (κ2) is 5.64. The first kappa shape index (κ1) is 13.9. The van der Waals surface area contributed by atoms with Crippen molar-refractivity contribution in [2.75, 3.05) is 6.54 Å². The number of rotatable bonds is 4. The van der Waals surface area contributed by atoms with Crippen LogP contribution in [0.25, 0.3) is 0 Å². The second-order valence-corrected chi connectivity index (χ2v) is 4.64. The van der Waals surface area contributed by atoms with Gasteiger partial charge in [-0.15, -0.1) is 0 Å². The van der Waals surface area contributed by atoms with E-state index < -0.39 is 30.3 Å². The Morgan fingerprint density at radius 3 is 2.63 bits per heavy atom. The Balaban J connectivity index is 2.22. The molecular formula is C11H18N4O4. The monoisotopic (exact) mass is 270 g/mol. The lowest BCUT2D eigenvalue weighted by atomic mass is 9.93. The van der Waals surface area contributed by atoms with Gasteiger partial charge in [-0.1, -0.05) is 6.92 Å². The third kappa shape index (κ3) is 2.60. The second-order valence-electron chi connectivity index (χ2n) is 4.64. The molecule has 0 aromatic carbocycles. The highest BCUT2D eigenvalue weighted by Crippen LogP contribution is 2.21. The van der Waals surface area contributed by atoms with Crippen molar-refractivity contribution in [2.45, 2.75) is 44.2 Å². The first-order valence-corrected chi connectivity index (χ1v) is 6.23. The zero-order chi connectivity index (χ0) is 14.0. The van der Waals surface area contributed by atoms with E-state index in [0.717, 1.165) is 0 Å². The highest BCUT2D eigenvalue weighted by Gasteiger charge is 2.46. The minimum atomic E-state index is -1.58. The first-order chi connectivity index (χ1) is 9.06. The molecule has 3 N–H and O–H groups in total. The molecule has 1 fully saturated rings. The van der Waals surface area contributed by atoms with E-state index in [4.69, 9.17) is 0 Å². The third-order valence-electron chi connectivity index (χ3n) is 3.31. The van der Waals surface area contributed by atoms with Crippen LogP contribution in [0.2, 0.25) is 0 Å². The number of likely N-dealkylation sites (tertiary alicyclic amines) is 1. The predicted molar refractivity (Wildman–Crippen MR) is 63.8 cm³/mol. The smallest absolute Gasteiger partial charge is 0.254 e. The van der Waals surface area contributed by atoms with Gasteiger partial charge in [0.1, 0.15) is 24.9 Å². The lowest BCUT2D eigenvalue weighted by Gasteiger charge is -2.43. The molecule has 0 spiro atoms. The number of hydrogen-bond donors (Lipinski definition) is 3. The number of nitrogens with zero attached hydrogens (tertiary/aromatic N) is 4. The van der Waals surface area contributed by atoms with Crippen LogP contribution < -0.4 is 0 Å². The SMILES string of the molecule is CCCN1C(=O)C(O)C(O)C(O)C1Cn1cncn1. The van der Waals surface area contributed by atoms with Gasteiger partial charge in [0.05, 0.1) is 12.6 Å². The molecule has 0 bridgehead atoms. The van der Waals surface area contributed by atoms with E-state index in [-0.39, 0.29) is 6.54 Å². The highest BCUT2D eigenvalue weighted by atomic mass is 16.4. The van der Waals surface area contributed by atoms with E-state index in [1.165, 1.54) is 22.2 Å². The Hall–Kier alpha value is -1.51. The van der Waals surface area contributed by atoms with E-state index >= 15 is 0 Å². The molecule has 1 aliphatic heterocycles. The van der Waals surface area contributed by atoms with E-state index in [9.17, 15) is 20.1 Å². The lowest BCUT2D eigenvalue weighted by molar-refractivity contribution is -0.177. The van der Waals surface area contributed by atoms with Crippen molar-refractivity contribution >= 4 is 5.91 Å². The Bertz CT molecular complexity index is 424. The molecule has 1 aromatic heterocycles. The number of aliphatic hydroxyl groups excluding tert-OH is 3. The molecule has 1 amide bonds. The average molecular weight is 270 g/mol. The van der Waals surface area contributed by atoms with Gasteiger partial charge >= 0.3 is 0 Å². The van der Waals surface area contributed by atoms with Gasteiger partial charge in [-0.3, -0.25) is 9.48 Å². The highest BCUT2D eigenvalue weighted by molar-refractivity contribution is 5.82. The van der Waals surface area contributed by atoms with Gasteiger partial charge in [-0.25, -0.2) is 4.98 Å². The fourth-order valence-corrected chi connectivity index (χ4v) is 2.32. The number of carbonyl (C=O) groups is 1. The van der Waals surface area contributed by atoms with Crippen molar-refractivity contribution in [1.29, 1.82) is 0 Å². The maximum Gasteiger partial charge on any atom is 0.254 e. The molecule has 8 nitrogen and oxygen atoms in total. The summed E-state index contributed by atoms with van der Waals surface area (Å²) in [6.07, 6.45) is -0.758. The summed E-state index contributed by atoms with van der Waals surface area (Å²) in [6.45, 7) is 2.51. The molecule has 2 heterocycles. The standard InChI is InChI=1S/C11H18N4O4/c1-2-3-15-7(4-14-6-12-5-13-14)8(16)9(17)10(18)11(15)19/h5-10,16-18H,2-4H2,1H3. The van der Waals surface area contributed by atoms with Crippen LogP contribution >= 0.6 is 0 Å². The predicted octanol–water partition coefficient (Wildman–Crippen LogP) is -2.02. The molecule has 1 saturated heterocycles. The van der Waals surface area contributed by atoms with Gasteiger partial charge in [0.25, 0.3) is 5.91 Å². The number of hydrogen-bond acceptors (Lipinski definition) is 6. The van der Waals surface area contributed by atoms with Crippen molar-refractivity contribution in [3.05, 3.63) is 12.7 Å². The maximum atomic E-state index is 12.0. The Kier molecular flexibility index (Phi) is 4.13. The fraction of sp³-hybridized carbons (Fsp3) is 0.727. The number of piperidine rings is 1. The Labute approximate surface area is 110 Å². The van der Waals surface area contributed by atoms with Crippen molar-refractivity contribution in [1.82, 2.24) is 19.7 Å². The zero-order valence-corrected chi connectivity index (χ0v) is 10.6. The van der Waals surface area contributed by atoms with E-state index in [0.29, 0.717) is 13.0 Å². The van der Waals surface area contributed by atoms with Crippen LogP contribution in [0.5, 0.6) is 0 Å². The summed E-state index contributed by atoms with van der Waals surface area (Å²) >= 11 is 0. The van der Waals surface area contributed by atoms with Gasteiger partial charge in [0.15, 0.2) is 6.10 Å². The van der Waals surface area contributed by atoms with Crippen molar-refractivity contribution in [3.8, 4) is 0 Å². The van der Waals surface area contributed by atoms with E-state index in [2.05, 4.69) is 10.1 Å². The van der Waals surface area contributed by atoms with Crippen LogP contribution in [0, 0.1) is 0 Å². The van der Waals surface area contributed by atoms with Crippen LogP contribution in [0.1, 0.15) is 13.3 Å². The summed E-state index contributed by atoms with van der Waals surface area (Å²) in [5, 5.41) is 33.3. The molecule has 4 unspecified atom stereocenters. The molecule has 1 aliphatic rings. The van der Waals surface area contributed by atoms with Crippen molar-refractivity contribution in [2.24, 2.45) is 0 Å². The summed E-state index contributed by atoms with van der Waals surface area (Å²) in [7, 11) is 0. The normalized spacial score (nSPS) is 31.8. The van der Waals surface area contributed by atoms with E-state index in [1.54, 1.807) is 0 Å². The first-order valence-electron chi connectivity index (χ1n) is 6.23. The van der Waals surface area contributed by atoms with Gasteiger partial charge in [-0.2, -0.15) is 5.10 Å². The minimum Gasteiger partial charge on any atom is -0.388 e. The number of aliphatic hydroxyl groups is 3. The Morgan fingerprint density at radius 1 is 1.32 bits per heavy atom. The molecule has 106 valence electrons. The van der Waals surface area contributed by atoms with Crippen LogP contribution in [0.3, 0.4) is 0 Å². The molecule has 1 aromatic rings. The van der Waals surface area contributed by atoms with Crippen molar-refractivity contribution < 1.29 is 20.1 Å². The van der Waals surface area contributed by atoms with Crippen LogP contribution in [0.15, 0.2) is 12.7 Å². The van der Waals surface area contributed by atoms with Crippen LogP contribution in [-0.4, -0.2) is 71.8 Å². The van der Waals surface area contributed by atoms with Crippen LogP contribution in [-0.2, 0) is 11.3 Å². The molecule has 4 atom stereocenters. The van der Waals surface area contributed by atoms with Gasteiger partial charge in [0.2, 0.25) is 0 Å². The quantitative estimate of drug-likeness (QED) is 0.582. The maximum absolute atomic E-state index is 12.0. The topological polar surface area (TPSA) is 112 Å². The molecule has 0 saturated carbocycles. The zero-order valence-electron chi connectivity index (χ0n) is 10.6. The Morgan fingerprint density at radius 2 is 2.05 bits per heavy atom. The molecule has 2 rings (SSSR count). The molecule has 0 radical (unpaired) electrons. The fourth-order valence-electron chi connectivity index (χ4n) is 2.32. The third-order valence-corrected chi connectivity index (χ3v) is 3.31. The van der Waals surface area contributed by atoms with E-state index in [1.807, 2.05) is 6.92 Å². The summed E-state index contributed by atoms with van der Waals surface area (Å²) in [5.41, 5.74) is 0. The lowest BCUT2D eigenvalue weighted by Crippen LogP contribution is -2.65. The van der Waals surface area contributed by atoms with Gasteiger partial charge in [0, 0.05) is 6.54 Å². The molecular weight excluding hydrogens is 252 g/mol. The van der Waals surface area contributed by atoms with Gasteiger partial charge < -0.3 is 20.2 Å². The minimum absolute atomic E-state index is 0.219. The van der Waals surface area contributed by atoms with Crippen LogP contribution in [0.4, 0.5) is 0 Å². The summed E-state index contributed by atoms with van der Waals surface area (Å²) in [5.74, 6) is -0.565. The average Bonchev–Trinajstić information content (AvgIpc) is 2.91. The summed E-state index contributed by atoms with van der Waals surface area (Å²) in [4.78, 5) is 17.2. The summed E-state index contributed by atoms with van der Waals surface area (Å²) < 4.78 is 1.48. The number of aromatic nitrogens is 3. The van der Waals surface area contributed by atoms with Gasteiger partial charge in [-0.05, 0) is 6.42 Å². The summed E-state index contributed by atoms with van der Waals surface area (Å²) in [6, 6.07) is -0.632. The number of amides is 1. The number of carbonyl (C=O) groups excluding carboxylic acids is 1. The van der Waals surface area contributed by atoms with Crippen molar-refractivity contribution in [3.63, 3.8) is 0 Å². The molecule has 8 heteroatoms. The largest absolute Gasteiger partial charge is 0.388 e. The molecule has 19 heavy (non-hydrogen) atoms. The molecule has 0 aliphatic carbocycles.